The van der Waals surface area contributed by atoms with Crippen LogP contribution in [0.15, 0.2) is 36.4 Å². The molecule has 2 atom stereocenters. The van der Waals surface area contributed by atoms with Crippen LogP contribution >= 0.6 is 25.1 Å². The Hall–Kier alpha value is -2.97. The van der Waals surface area contributed by atoms with E-state index in [1.54, 1.807) is 32.3 Å². The van der Waals surface area contributed by atoms with Crippen molar-refractivity contribution < 1.29 is 50.9 Å². The zero-order valence-electron chi connectivity index (χ0n) is 23.1. The van der Waals surface area contributed by atoms with E-state index in [9.17, 15) is 36.6 Å². The fourth-order valence-corrected chi connectivity index (χ4v) is 6.05. The molecule has 43 heavy (non-hydrogen) atoms. The number of likely N-dealkylation sites (tertiary alicyclic amines) is 1. The third-order valence-corrected chi connectivity index (χ3v) is 8.57. The number of halogens is 6. The van der Waals surface area contributed by atoms with Crippen molar-refractivity contribution >= 4 is 36.9 Å². The molecule has 0 aromatic heterocycles. The zero-order chi connectivity index (χ0) is 30.7. The number of amides is 2. The minimum absolute atomic E-state index is 0. The molecule has 5 rings (SSSR count). The molecule has 2 amide bonds. The quantitative estimate of drug-likeness (QED) is 0.408. The van der Waals surface area contributed by atoms with E-state index in [1.807, 2.05) is 0 Å². The van der Waals surface area contributed by atoms with Crippen LogP contribution in [0.2, 0.25) is 5.02 Å². The largest absolute Gasteiger partial charge is 0.586 e. The summed E-state index contributed by atoms with van der Waals surface area (Å²) in [7, 11) is 3.24. The molecule has 2 aromatic rings. The van der Waals surface area contributed by atoms with Crippen LogP contribution in [0.1, 0.15) is 41.6 Å². The molecule has 3 aliphatic rings. The molecule has 1 saturated heterocycles. The Morgan fingerprint density at radius 3 is 2.42 bits per heavy atom. The number of benzene rings is 2. The molecular formula is C28H30ClF5N2O6S. The maximum atomic E-state index is 14.3. The van der Waals surface area contributed by atoms with E-state index in [0.29, 0.717) is 37.2 Å². The lowest BCUT2D eigenvalue weighted by molar-refractivity contribution is -0.289. The summed E-state index contributed by atoms with van der Waals surface area (Å²) in [6.07, 6.45) is -7.47. The van der Waals surface area contributed by atoms with Crippen LogP contribution in [-0.4, -0.2) is 73.0 Å². The molecule has 2 heterocycles. The van der Waals surface area contributed by atoms with Gasteiger partial charge in [0, 0.05) is 32.7 Å². The van der Waals surface area contributed by atoms with Crippen molar-refractivity contribution in [1.82, 2.24) is 9.80 Å². The Bertz CT molecular complexity index is 1400. The molecule has 236 valence electrons. The predicted molar refractivity (Wildman–Crippen MR) is 149 cm³/mol. The number of aliphatic hydroxyl groups is 1. The van der Waals surface area contributed by atoms with Crippen molar-refractivity contribution in [1.29, 1.82) is 0 Å². The molecule has 1 spiro atoms. The van der Waals surface area contributed by atoms with Gasteiger partial charge in [-0.3, -0.25) is 9.59 Å². The number of hydrogen-bond donors (Lipinski definition) is 1. The highest BCUT2D eigenvalue weighted by Gasteiger charge is 2.65. The second-order valence-electron chi connectivity index (χ2n) is 11.0. The van der Waals surface area contributed by atoms with Crippen LogP contribution in [0.25, 0.3) is 0 Å². The minimum atomic E-state index is -5.53. The van der Waals surface area contributed by atoms with E-state index in [2.05, 4.69) is 9.47 Å². The number of piperidine rings is 1. The van der Waals surface area contributed by atoms with Gasteiger partial charge in [0.1, 0.15) is 5.75 Å². The number of carbonyl (C=O) groups excluding carboxylic acids is 2. The van der Waals surface area contributed by atoms with Crippen LogP contribution in [0.4, 0.5) is 22.0 Å². The summed E-state index contributed by atoms with van der Waals surface area (Å²) >= 11 is 6.22. The molecule has 1 unspecified atom stereocenters. The van der Waals surface area contributed by atoms with Crippen molar-refractivity contribution in [3.05, 3.63) is 52.5 Å². The number of carbonyl (C=O) groups is 2. The lowest BCUT2D eigenvalue weighted by Crippen LogP contribution is -2.57. The number of fused-ring (bicyclic) bond motifs is 1. The third-order valence-electron chi connectivity index (χ3n) is 8.26. The van der Waals surface area contributed by atoms with Crippen LogP contribution in [-0.2, 0) is 10.4 Å². The number of rotatable bonds is 7. The maximum absolute atomic E-state index is 14.3. The maximum Gasteiger partial charge on any atom is 0.586 e. The SMILES string of the molecule is CN(C)C(=O)c1ccc(OCC[C@@H]2CC23CCN(C(=O)C(O)(c2cccc4c2OC(F)(F)O4)C(F)(F)F)CC3)cc1Cl.S. The van der Waals surface area contributed by atoms with Gasteiger partial charge in [-0.2, -0.15) is 26.7 Å². The van der Waals surface area contributed by atoms with Gasteiger partial charge in [-0.25, -0.2) is 0 Å². The Kier molecular flexibility index (Phi) is 8.82. The van der Waals surface area contributed by atoms with Gasteiger partial charge in [0.2, 0.25) is 0 Å². The van der Waals surface area contributed by atoms with Crippen molar-refractivity contribution in [3.8, 4) is 17.2 Å². The van der Waals surface area contributed by atoms with Crippen molar-refractivity contribution in [2.75, 3.05) is 33.8 Å². The van der Waals surface area contributed by atoms with Crippen molar-refractivity contribution in [2.45, 2.75) is 43.8 Å². The first-order valence-electron chi connectivity index (χ1n) is 13.2. The summed E-state index contributed by atoms with van der Waals surface area (Å²) in [5, 5.41) is 11.1. The highest BCUT2D eigenvalue weighted by Crippen LogP contribution is 2.61. The summed E-state index contributed by atoms with van der Waals surface area (Å²) in [5.41, 5.74) is -5.08. The van der Waals surface area contributed by atoms with Crippen molar-refractivity contribution in [3.63, 3.8) is 0 Å². The van der Waals surface area contributed by atoms with Gasteiger partial charge in [-0.15, -0.1) is 8.78 Å². The van der Waals surface area contributed by atoms with E-state index in [-0.39, 0.29) is 48.8 Å². The number of hydrogen-bond acceptors (Lipinski definition) is 6. The molecule has 1 aliphatic carbocycles. The summed E-state index contributed by atoms with van der Waals surface area (Å²) < 4.78 is 84.3. The molecule has 0 bridgehead atoms. The van der Waals surface area contributed by atoms with E-state index >= 15 is 0 Å². The van der Waals surface area contributed by atoms with Gasteiger partial charge in [0.05, 0.1) is 17.2 Å². The summed E-state index contributed by atoms with van der Waals surface area (Å²) in [6.45, 7) is 0.258. The van der Waals surface area contributed by atoms with Crippen LogP contribution in [0.3, 0.4) is 0 Å². The summed E-state index contributed by atoms with van der Waals surface area (Å²) in [5.74, 6) is -2.92. The molecule has 2 fully saturated rings. The molecular weight excluding hydrogens is 623 g/mol. The zero-order valence-corrected chi connectivity index (χ0v) is 24.9. The van der Waals surface area contributed by atoms with E-state index in [1.165, 1.54) is 4.90 Å². The topological polar surface area (TPSA) is 88.5 Å². The molecule has 1 N–H and O–H groups in total. The normalized spacial score (nSPS) is 21.0. The second kappa shape index (κ2) is 11.5. The van der Waals surface area contributed by atoms with Gasteiger partial charge in [-0.05, 0) is 61.3 Å². The molecule has 15 heteroatoms. The number of nitrogens with zero attached hydrogens (tertiary/aromatic N) is 2. The Morgan fingerprint density at radius 2 is 1.81 bits per heavy atom. The van der Waals surface area contributed by atoms with E-state index in [0.717, 1.165) is 29.5 Å². The number of alkyl halides is 5. The van der Waals surface area contributed by atoms with Gasteiger partial charge < -0.3 is 29.1 Å². The third kappa shape index (κ3) is 6.05. The summed E-state index contributed by atoms with van der Waals surface area (Å²) in [6, 6.07) is 7.44. The number of ether oxygens (including phenoxy) is 3. The lowest BCUT2D eigenvalue weighted by atomic mass is 9.86. The first-order valence-corrected chi connectivity index (χ1v) is 13.6. The fraction of sp³-hybridized carbons (Fsp3) is 0.500. The molecule has 1 saturated carbocycles. The summed E-state index contributed by atoms with van der Waals surface area (Å²) in [4.78, 5) is 27.7. The Balaban J connectivity index is 0.00000423. The minimum Gasteiger partial charge on any atom is -0.494 e. The molecule has 8 nitrogen and oxygen atoms in total. The van der Waals surface area contributed by atoms with Crippen LogP contribution < -0.4 is 14.2 Å². The molecule has 2 aliphatic heterocycles. The highest BCUT2D eigenvalue weighted by molar-refractivity contribution is 7.59. The monoisotopic (exact) mass is 652 g/mol. The first kappa shape index (κ1) is 32.9. The van der Waals surface area contributed by atoms with Gasteiger partial charge in [0.25, 0.3) is 17.4 Å². The van der Waals surface area contributed by atoms with Crippen LogP contribution in [0, 0.1) is 11.3 Å². The second-order valence-corrected chi connectivity index (χ2v) is 11.4. The van der Waals surface area contributed by atoms with Gasteiger partial charge in [-0.1, -0.05) is 23.7 Å². The average molecular weight is 653 g/mol. The van der Waals surface area contributed by atoms with E-state index < -0.39 is 41.0 Å². The standard InChI is InChI=1S/C28H28ClF5N2O6.H2S/c1-35(2)23(37)18-7-6-17(14-20(18)29)40-13-8-16-15-25(16)9-11-36(12-10-25)24(38)26(39,27(30,31)32)19-4-3-5-21-22(19)42-28(33,34)41-21;/h3-7,14,16,39H,8-13,15H2,1-2H3;1H2/t16-,26?;/m1./s1. The Labute approximate surface area is 256 Å². The fourth-order valence-electron chi connectivity index (χ4n) is 5.80. The lowest BCUT2D eigenvalue weighted by Gasteiger charge is -2.39. The van der Waals surface area contributed by atoms with E-state index in [4.69, 9.17) is 16.3 Å². The molecule has 2 aromatic carbocycles. The Morgan fingerprint density at radius 1 is 1.14 bits per heavy atom. The predicted octanol–water partition coefficient (Wildman–Crippen LogP) is 5.32. The first-order chi connectivity index (χ1) is 19.6. The van der Waals surface area contributed by atoms with Crippen LogP contribution in [0.5, 0.6) is 17.2 Å². The highest BCUT2D eigenvalue weighted by atomic mass is 35.5. The number of para-hydroxylation sites is 1. The van der Waals surface area contributed by atoms with Gasteiger partial charge in [0.15, 0.2) is 11.5 Å². The average Bonchev–Trinajstić information content (AvgIpc) is 3.46. The smallest absolute Gasteiger partial charge is 0.494 e. The van der Waals surface area contributed by atoms with Crippen molar-refractivity contribution in [2.24, 2.45) is 11.3 Å². The van der Waals surface area contributed by atoms with Gasteiger partial charge >= 0.3 is 12.5 Å². The molecule has 0 radical (unpaired) electrons.